The smallest absolute Gasteiger partial charge is 0.132 e. The van der Waals surface area contributed by atoms with Crippen molar-refractivity contribution in [1.82, 2.24) is 20.3 Å². The topological polar surface area (TPSA) is 56.8 Å². The molecule has 0 saturated carbocycles. The number of hydrogen-bond acceptors (Lipinski definition) is 4. The molecular formula is C16H23N5. The third-order valence-corrected chi connectivity index (χ3v) is 3.97. The van der Waals surface area contributed by atoms with Crippen LogP contribution in [-0.4, -0.2) is 34.1 Å². The molecule has 1 saturated heterocycles. The molecule has 2 N–H and O–H groups in total. The summed E-state index contributed by atoms with van der Waals surface area (Å²) in [4.78, 5) is 14.3. The minimum Gasteiger partial charge on any atom is -0.364 e. The number of hydrogen-bond donors (Lipinski definition) is 2. The van der Waals surface area contributed by atoms with Crippen molar-refractivity contribution in [2.45, 2.75) is 38.8 Å². The van der Waals surface area contributed by atoms with Crippen molar-refractivity contribution < 1.29 is 0 Å². The Morgan fingerprint density at radius 1 is 1.43 bits per heavy atom. The third kappa shape index (κ3) is 3.61. The summed E-state index contributed by atoms with van der Waals surface area (Å²) in [6.45, 7) is 5.16. The van der Waals surface area contributed by atoms with Gasteiger partial charge in [0.05, 0.1) is 0 Å². The highest BCUT2D eigenvalue weighted by atomic mass is 15.2. The van der Waals surface area contributed by atoms with Gasteiger partial charge in [-0.25, -0.2) is 9.97 Å². The zero-order valence-corrected chi connectivity index (χ0v) is 12.5. The van der Waals surface area contributed by atoms with Gasteiger partial charge < -0.3 is 15.2 Å². The summed E-state index contributed by atoms with van der Waals surface area (Å²) in [6.07, 6.45) is 6.97. The van der Waals surface area contributed by atoms with E-state index in [-0.39, 0.29) is 0 Å². The Morgan fingerprint density at radius 2 is 2.38 bits per heavy atom. The average molecular weight is 285 g/mol. The van der Waals surface area contributed by atoms with Crippen molar-refractivity contribution in [1.29, 1.82) is 0 Å². The molecule has 1 aliphatic heterocycles. The van der Waals surface area contributed by atoms with Crippen LogP contribution in [0.1, 0.15) is 31.2 Å². The molecule has 3 heterocycles. The molecule has 2 aromatic rings. The van der Waals surface area contributed by atoms with Crippen molar-refractivity contribution >= 4 is 5.82 Å². The predicted molar refractivity (Wildman–Crippen MR) is 84.3 cm³/mol. The van der Waals surface area contributed by atoms with Crippen LogP contribution >= 0.6 is 0 Å². The molecule has 0 radical (unpaired) electrons. The van der Waals surface area contributed by atoms with E-state index in [2.05, 4.69) is 44.2 Å². The lowest BCUT2D eigenvalue weighted by Gasteiger charge is -2.18. The summed E-state index contributed by atoms with van der Waals surface area (Å²) in [5.41, 5.74) is 2.38. The number of nitrogens with one attached hydrogen (secondary N) is 2. The molecule has 0 aliphatic carbocycles. The van der Waals surface area contributed by atoms with Crippen LogP contribution in [-0.2, 0) is 13.0 Å². The summed E-state index contributed by atoms with van der Waals surface area (Å²) in [5.74, 6) is 1.07. The zero-order chi connectivity index (χ0) is 14.5. The predicted octanol–water partition coefficient (Wildman–Crippen LogP) is 2.13. The van der Waals surface area contributed by atoms with E-state index in [4.69, 9.17) is 0 Å². The van der Waals surface area contributed by atoms with Crippen LogP contribution in [0.15, 0.2) is 30.7 Å². The normalized spacial score (nSPS) is 18.3. The summed E-state index contributed by atoms with van der Waals surface area (Å²) >= 11 is 0. The van der Waals surface area contributed by atoms with E-state index in [0.717, 1.165) is 50.4 Å². The maximum atomic E-state index is 4.43. The fraction of sp³-hybridized carbons (Fsp3) is 0.500. The molecule has 1 aliphatic rings. The second-order valence-corrected chi connectivity index (χ2v) is 5.63. The number of rotatable bonds is 6. The molecule has 1 atom stereocenters. The number of anilines is 1. The largest absolute Gasteiger partial charge is 0.364 e. The van der Waals surface area contributed by atoms with Crippen LogP contribution < -0.4 is 10.2 Å². The Balaban J connectivity index is 1.55. The van der Waals surface area contributed by atoms with Gasteiger partial charge in [-0.2, -0.15) is 0 Å². The molecule has 0 spiro atoms. The van der Waals surface area contributed by atoms with Gasteiger partial charge in [0.15, 0.2) is 0 Å². The van der Waals surface area contributed by atoms with E-state index in [1.165, 1.54) is 5.69 Å². The summed E-state index contributed by atoms with van der Waals surface area (Å²) < 4.78 is 0. The maximum absolute atomic E-state index is 4.43. The van der Waals surface area contributed by atoms with Crippen molar-refractivity contribution in [2.75, 3.05) is 18.0 Å². The van der Waals surface area contributed by atoms with E-state index in [1.54, 1.807) is 6.33 Å². The van der Waals surface area contributed by atoms with Gasteiger partial charge >= 0.3 is 0 Å². The Morgan fingerprint density at radius 3 is 3.19 bits per heavy atom. The van der Waals surface area contributed by atoms with Gasteiger partial charge in [-0.15, -0.1) is 0 Å². The van der Waals surface area contributed by atoms with Gasteiger partial charge in [-0.3, -0.25) is 0 Å². The first-order valence-corrected chi connectivity index (χ1v) is 7.76. The fourth-order valence-electron chi connectivity index (χ4n) is 2.82. The van der Waals surface area contributed by atoms with Crippen molar-refractivity contribution in [2.24, 2.45) is 0 Å². The van der Waals surface area contributed by atoms with Crippen molar-refractivity contribution in [3.05, 3.63) is 42.1 Å². The van der Waals surface area contributed by atoms with E-state index in [0.29, 0.717) is 6.04 Å². The molecular weight excluding hydrogens is 262 g/mol. The molecule has 3 rings (SSSR count). The van der Waals surface area contributed by atoms with Crippen LogP contribution in [0.25, 0.3) is 0 Å². The van der Waals surface area contributed by atoms with Gasteiger partial charge in [-0.1, -0.05) is 13.3 Å². The number of H-pyrrole nitrogens is 1. The summed E-state index contributed by atoms with van der Waals surface area (Å²) in [5, 5.41) is 3.61. The van der Waals surface area contributed by atoms with E-state index < -0.39 is 0 Å². The highest BCUT2D eigenvalue weighted by Crippen LogP contribution is 2.19. The third-order valence-electron chi connectivity index (χ3n) is 3.97. The molecule has 21 heavy (non-hydrogen) atoms. The molecule has 0 amide bonds. The lowest BCUT2D eigenvalue weighted by Crippen LogP contribution is -2.32. The molecule has 2 aromatic heterocycles. The van der Waals surface area contributed by atoms with E-state index in [9.17, 15) is 0 Å². The molecule has 1 fully saturated rings. The van der Waals surface area contributed by atoms with Gasteiger partial charge in [0.25, 0.3) is 0 Å². The maximum Gasteiger partial charge on any atom is 0.132 e. The standard InChI is InChI=1S/C16H23N5/c1-2-4-13-9-16(20-12-19-13)21-8-6-15(11-21)18-10-14-5-3-7-17-14/h3,5,7,9,12,15,17-18H,2,4,6,8,10-11H2,1H3. The molecule has 5 heteroatoms. The Bertz CT molecular complexity index is 552. The summed E-state index contributed by atoms with van der Waals surface area (Å²) in [6, 6.07) is 6.81. The molecule has 0 aromatic carbocycles. The van der Waals surface area contributed by atoms with Gasteiger partial charge in [0.1, 0.15) is 12.1 Å². The van der Waals surface area contributed by atoms with Crippen LogP contribution in [0, 0.1) is 0 Å². The monoisotopic (exact) mass is 285 g/mol. The Labute approximate surface area is 125 Å². The highest BCUT2D eigenvalue weighted by Gasteiger charge is 2.23. The van der Waals surface area contributed by atoms with Crippen molar-refractivity contribution in [3.8, 4) is 0 Å². The SMILES string of the molecule is CCCc1cc(N2CCC(NCc3ccc[nH]3)C2)ncn1. The quantitative estimate of drug-likeness (QED) is 0.853. The molecule has 0 bridgehead atoms. The van der Waals surface area contributed by atoms with Crippen LogP contribution in [0.2, 0.25) is 0 Å². The lowest BCUT2D eigenvalue weighted by molar-refractivity contribution is 0.546. The second-order valence-electron chi connectivity index (χ2n) is 5.63. The van der Waals surface area contributed by atoms with Gasteiger partial charge in [0, 0.05) is 49.3 Å². The minimum atomic E-state index is 0.526. The Hall–Kier alpha value is -1.88. The first kappa shape index (κ1) is 14.1. The number of nitrogens with zero attached hydrogens (tertiary/aromatic N) is 3. The fourth-order valence-corrected chi connectivity index (χ4v) is 2.82. The van der Waals surface area contributed by atoms with Crippen LogP contribution in [0.5, 0.6) is 0 Å². The molecule has 5 nitrogen and oxygen atoms in total. The number of aromatic nitrogens is 3. The molecule has 112 valence electrons. The van der Waals surface area contributed by atoms with Gasteiger partial charge in [-0.05, 0) is 25.0 Å². The van der Waals surface area contributed by atoms with Gasteiger partial charge in [0.2, 0.25) is 0 Å². The number of aryl methyl sites for hydroxylation is 1. The van der Waals surface area contributed by atoms with Crippen LogP contribution in [0.3, 0.4) is 0 Å². The highest BCUT2D eigenvalue weighted by molar-refractivity contribution is 5.40. The molecule has 1 unspecified atom stereocenters. The lowest BCUT2D eigenvalue weighted by atomic mass is 10.2. The number of aromatic amines is 1. The van der Waals surface area contributed by atoms with E-state index in [1.807, 2.05) is 12.3 Å². The van der Waals surface area contributed by atoms with E-state index >= 15 is 0 Å². The first-order chi connectivity index (χ1) is 10.3. The zero-order valence-electron chi connectivity index (χ0n) is 12.5. The van der Waals surface area contributed by atoms with Crippen molar-refractivity contribution in [3.63, 3.8) is 0 Å². The summed E-state index contributed by atoms with van der Waals surface area (Å²) in [7, 11) is 0. The first-order valence-electron chi connectivity index (χ1n) is 7.76. The Kier molecular flexibility index (Phi) is 4.50. The average Bonchev–Trinajstić information content (AvgIpc) is 3.17. The van der Waals surface area contributed by atoms with Crippen LogP contribution in [0.4, 0.5) is 5.82 Å². The second kappa shape index (κ2) is 6.72. The minimum absolute atomic E-state index is 0.526.